The van der Waals surface area contributed by atoms with Gasteiger partial charge in [-0.1, -0.05) is 0 Å². The van der Waals surface area contributed by atoms with Crippen LogP contribution in [0.3, 0.4) is 0 Å². The van der Waals surface area contributed by atoms with Crippen molar-refractivity contribution < 1.29 is 13.2 Å². The van der Waals surface area contributed by atoms with Gasteiger partial charge in [0, 0.05) is 12.4 Å². The number of ether oxygens (including phenoxy) is 1. The highest BCUT2D eigenvalue weighted by Crippen LogP contribution is 2.05. The number of hydrogen-bond acceptors (Lipinski definition) is 5. The molecule has 0 aliphatic carbocycles. The minimum Gasteiger partial charge on any atom is -0.468 e. The van der Waals surface area contributed by atoms with Crippen LogP contribution >= 0.6 is 0 Å². The van der Waals surface area contributed by atoms with Gasteiger partial charge in [-0.05, 0) is 6.07 Å². The Labute approximate surface area is 81.1 Å². The monoisotopic (exact) mass is 215 g/mol. The van der Waals surface area contributed by atoms with Gasteiger partial charge in [-0.15, -0.1) is 0 Å². The average molecular weight is 215 g/mol. The minimum atomic E-state index is -3.45. The predicted molar refractivity (Wildman–Crippen MR) is 49.4 cm³/mol. The van der Waals surface area contributed by atoms with Gasteiger partial charge in [-0.25, -0.2) is 13.4 Å². The molecule has 0 fully saturated rings. The molecule has 0 unspecified atom stereocenters. The van der Waals surface area contributed by atoms with Crippen LogP contribution in [-0.4, -0.2) is 36.6 Å². The third-order valence-electron chi connectivity index (χ3n) is 1.69. The Kier molecular flexibility index (Phi) is 2.24. The molecule has 7 heteroatoms. The lowest BCUT2D eigenvalue weighted by Gasteiger charge is -2.03. The average Bonchev–Trinajstić information content (AvgIpc) is 2.71. The maximum absolute atomic E-state index is 11.6. The molecule has 0 radical (unpaired) electrons. The standard InChI is InChI=1S/C7H9N3O3S/c11-14(12,7-8-3-5-13-7)6-10-4-1-2-9-10/h1-2,4H,3,5-6H2. The first-order chi connectivity index (χ1) is 6.68. The van der Waals surface area contributed by atoms with Crippen molar-refractivity contribution >= 4 is 15.1 Å². The zero-order valence-corrected chi connectivity index (χ0v) is 8.14. The fraction of sp³-hybridized carbons (Fsp3) is 0.429. The van der Waals surface area contributed by atoms with Crippen LogP contribution in [0.2, 0.25) is 0 Å². The highest BCUT2D eigenvalue weighted by molar-refractivity contribution is 8.05. The Balaban J connectivity index is 2.17. The molecule has 14 heavy (non-hydrogen) atoms. The van der Waals surface area contributed by atoms with Crippen LogP contribution in [0.1, 0.15) is 0 Å². The second-order valence-electron chi connectivity index (χ2n) is 2.79. The summed E-state index contributed by atoms with van der Waals surface area (Å²) in [4.78, 5) is 3.75. The molecule has 1 aliphatic heterocycles. The highest BCUT2D eigenvalue weighted by atomic mass is 32.2. The first kappa shape index (κ1) is 9.20. The summed E-state index contributed by atoms with van der Waals surface area (Å²) in [5, 5.41) is 3.63. The molecule has 6 nitrogen and oxygen atoms in total. The van der Waals surface area contributed by atoms with Crippen molar-refractivity contribution in [1.82, 2.24) is 9.78 Å². The zero-order chi connectivity index (χ0) is 10.0. The van der Waals surface area contributed by atoms with Crippen molar-refractivity contribution in [2.45, 2.75) is 5.88 Å². The van der Waals surface area contributed by atoms with Gasteiger partial charge in [0.2, 0.25) is 9.84 Å². The summed E-state index contributed by atoms with van der Waals surface area (Å²) >= 11 is 0. The summed E-state index contributed by atoms with van der Waals surface area (Å²) in [6.45, 7) is 0.751. The van der Waals surface area contributed by atoms with Crippen molar-refractivity contribution in [3.05, 3.63) is 18.5 Å². The van der Waals surface area contributed by atoms with Crippen molar-refractivity contribution in [2.75, 3.05) is 13.2 Å². The molecule has 1 aliphatic rings. The Morgan fingerprint density at radius 2 is 2.43 bits per heavy atom. The molecule has 0 spiro atoms. The van der Waals surface area contributed by atoms with Crippen LogP contribution in [-0.2, 0) is 20.5 Å². The Bertz CT molecular complexity index is 435. The molecular formula is C7H9N3O3S. The van der Waals surface area contributed by atoms with E-state index in [2.05, 4.69) is 10.1 Å². The van der Waals surface area contributed by atoms with E-state index in [0.29, 0.717) is 13.2 Å². The maximum Gasteiger partial charge on any atom is 0.307 e. The van der Waals surface area contributed by atoms with E-state index >= 15 is 0 Å². The maximum atomic E-state index is 11.6. The van der Waals surface area contributed by atoms with E-state index in [1.807, 2.05) is 0 Å². The smallest absolute Gasteiger partial charge is 0.307 e. The summed E-state index contributed by atoms with van der Waals surface area (Å²) in [6, 6.07) is 1.66. The number of aromatic nitrogens is 2. The number of nitrogens with zero attached hydrogens (tertiary/aromatic N) is 3. The van der Waals surface area contributed by atoms with Gasteiger partial charge in [0.1, 0.15) is 6.61 Å². The Hall–Kier alpha value is -1.37. The summed E-state index contributed by atoms with van der Waals surface area (Å²) < 4.78 is 29.4. The van der Waals surface area contributed by atoms with Crippen molar-refractivity contribution in [3.8, 4) is 0 Å². The van der Waals surface area contributed by atoms with Crippen LogP contribution in [0.4, 0.5) is 0 Å². The lowest BCUT2D eigenvalue weighted by molar-refractivity contribution is 0.352. The van der Waals surface area contributed by atoms with Crippen LogP contribution in [0, 0.1) is 0 Å². The summed E-state index contributed by atoms with van der Waals surface area (Å²) in [7, 11) is -3.45. The van der Waals surface area contributed by atoms with Gasteiger partial charge in [0.25, 0.3) is 0 Å². The summed E-state index contributed by atoms with van der Waals surface area (Å²) in [5.74, 6) is -0.223. The first-order valence-electron chi connectivity index (χ1n) is 4.06. The van der Waals surface area contributed by atoms with E-state index in [1.54, 1.807) is 12.3 Å². The molecule has 0 saturated heterocycles. The fourth-order valence-corrected chi connectivity index (χ4v) is 2.27. The van der Waals surface area contributed by atoms with E-state index in [0.717, 1.165) is 0 Å². The van der Waals surface area contributed by atoms with Crippen LogP contribution < -0.4 is 0 Å². The molecule has 0 saturated carbocycles. The summed E-state index contributed by atoms with van der Waals surface area (Å²) in [5.41, 5.74) is 0. The lowest BCUT2D eigenvalue weighted by Crippen LogP contribution is -2.21. The van der Waals surface area contributed by atoms with E-state index in [9.17, 15) is 8.42 Å². The second-order valence-corrected chi connectivity index (χ2v) is 4.62. The zero-order valence-electron chi connectivity index (χ0n) is 7.33. The molecule has 2 rings (SSSR count). The fourth-order valence-electron chi connectivity index (χ4n) is 1.11. The number of aliphatic imine (C=N–C) groups is 1. The minimum absolute atomic E-state index is 0.173. The number of rotatable bonds is 2. The van der Waals surface area contributed by atoms with Crippen LogP contribution in [0.25, 0.3) is 0 Å². The van der Waals surface area contributed by atoms with Gasteiger partial charge in [0.05, 0.1) is 6.54 Å². The van der Waals surface area contributed by atoms with Gasteiger partial charge < -0.3 is 4.74 Å². The Morgan fingerprint density at radius 3 is 3.00 bits per heavy atom. The molecule has 0 atom stereocenters. The SMILES string of the molecule is O=S(=O)(Cn1cccn1)C1=NCCO1. The van der Waals surface area contributed by atoms with E-state index in [1.165, 1.54) is 10.9 Å². The number of hydrogen-bond donors (Lipinski definition) is 0. The molecule has 0 N–H and O–H groups in total. The van der Waals surface area contributed by atoms with Gasteiger partial charge in [-0.3, -0.25) is 4.68 Å². The van der Waals surface area contributed by atoms with E-state index in [-0.39, 0.29) is 11.1 Å². The van der Waals surface area contributed by atoms with Gasteiger partial charge >= 0.3 is 5.23 Å². The molecule has 0 amide bonds. The van der Waals surface area contributed by atoms with E-state index in [4.69, 9.17) is 4.74 Å². The van der Waals surface area contributed by atoms with Crippen molar-refractivity contribution in [1.29, 1.82) is 0 Å². The van der Waals surface area contributed by atoms with Crippen molar-refractivity contribution in [2.24, 2.45) is 4.99 Å². The molecule has 1 aromatic rings. The lowest BCUT2D eigenvalue weighted by atomic mass is 10.8. The van der Waals surface area contributed by atoms with E-state index < -0.39 is 9.84 Å². The predicted octanol–water partition coefficient (Wildman–Crippen LogP) is -0.358. The normalized spacial score (nSPS) is 16.4. The van der Waals surface area contributed by atoms with Gasteiger partial charge in [-0.2, -0.15) is 5.10 Å². The molecule has 2 heterocycles. The molecule has 1 aromatic heterocycles. The first-order valence-corrected chi connectivity index (χ1v) is 5.71. The summed E-state index contributed by atoms with van der Waals surface area (Å²) in [6.07, 6.45) is 3.10. The second kappa shape index (κ2) is 3.41. The molecule has 76 valence electrons. The van der Waals surface area contributed by atoms with Crippen LogP contribution in [0.15, 0.2) is 23.5 Å². The quantitative estimate of drug-likeness (QED) is 0.675. The highest BCUT2D eigenvalue weighted by Gasteiger charge is 2.25. The number of sulfone groups is 1. The van der Waals surface area contributed by atoms with Crippen molar-refractivity contribution in [3.63, 3.8) is 0 Å². The van der Waals surface area contributed by atoms with Crippen LogP contribution in [0.5, 0.6) is 0 Å². The van der Waals surface area contributed by atoms with Gasteiger partial charge in [0.15, 0.2) is 5.88 Å². The molecular weight excluding hydrogens is 206 g/mol. The molecule has 0 bridgehead atoms. The molecule has 0 aromatic carbocycles. The largest absolute Gasteiger partial charge is 0.468 e. The topological polar surface area (TPSA) is 73.5 Å². The third kappa shape index (κ3) is 1.77. The third-order valence-corrected chi connectivity index (χ3v) is 3.07. The Morgan fingerprint density at radius 1 is 1.57 bits per heavy atom.